The maximum atomic E-state index is 13.0. The second kappa shape index (κ2) is 10.3. The van der Waals surface area contributed by atoms with Gasteiger partial charge in [0.05, 0.1) is 12.8 Å². The molecule has 0 bridgehead atoms. The molecule has 35 heavy (non-hydrogen) atoms. The Balaban J connectivity index is 1.59. The standard InChI is InChI=1S/C26H22ClN3O5/c1-16-8-10-19(11-9-16)28-23(31)15-35-24-17(12-18(27)14-22(24)34-2)13-21-25(32)29-30(26(21)33)20-6-4-3-5-7-20/h3-14H,15H2,1-2H3,(H,28,31)(H,29,32)/b21-13+. The Kier molecular flexibility index (Phi) is 7.03. The fourth-order valence-corrected chi connectivity index (χ4v) is 3.66. The van der Waals surface area contributed by atoms with Crippen LogP contribution in [0.5, 0.6) is 11.5 Å². The molecule has 3 aromatic carbocycles. The van der Waals surface area contributed by atoms with Crippen molar-refractivity contribution in [1.82, 2.24) is 5.43 Å². The van der Waals surface area contributed by atoms with E-state index in [2.05, 4.69) is 10.7 Å². The van der Waals surface area contributed by atoms with E-state index in [1.807, 2.05) is 19.1 Å². The number of ether oxygens (including phenoxy) is 2. The van der Waals surface area contributed by atoms with Gasteiger partial charge in [0.2, 0.25) is 0 Å². The normalized spacial score (nSPS) is 14.1. The molecule has 0 radical (unpaired) electrons. The highest BCUT2D eigenvalue weighted by molar-refractivity contribution is 6.32. The smallest absolute Gasteiger partial charge is 0.282 e. The van der Waals surface area contributed by atoms with E-state index in [-0.39, 0.29) is 23.7 Å². The van der Waals surface area contributed by atoms with E-state index >= 15 is 0 Å². The summed E-state index contributed by atoms with van der Waals surface area (Å²) in [4.78, 5) is 38.0. The van der Waals surface area contributed by atoms with Crippen LogP contribution in [0.2, 0.25) is 5.02 Å². The Morgan fingerprint density at radius 3 is 2.49 bits per heavy atom. The molecule has 0 unspecified atom stereocenters. The lowest BCUT2D eigenvalue weighted by Gasteiger charge is -2.15. The lowest BCUT2D eigenvalue weighted by molar-refractivity contribution is -0.118. The van der Waals surface area contributed by atoms with E-state index in [9.17, 15) is 14.4 Å². The highest BCUT2D eigenvalue weighted by Gasteiger charge is 2.34. The number of nitrogens with zero attached hydrogens (tertiary/aromatic N) is 1. The SMILES string of the molecule is COc1cc(Cl)cc(/C=C2\C(=O)NN(c3ccccc3)C2=O)c1OCC(=O)Nc1ccc(C)cc1. The van der Waals surface area contributed by atoms with Gasteiger partial charge in [-0.2, -0.15) is 0 Å². The maximum Gasteiger partial charge on any atom is 0.282 e. The minimum Gasteiger partial charge on any atom is -0.493 e. The Bertz CT molecular complexity index is 1310. The molecule has 8 nitrogen and oxygen atoms in total. The molecular weight excluding hydrogens is 470 g/mol. The third-order valence-corrected chi connectivity index (χ3v) is 5.38. The lowest BCUT2D eigenvalue weighted by atomic mass is 10.1. The molecule has 1 heterocycles. The second-order valence-electron chi connectivity index (χ2n) is 7.70. The summed E-state index contributed by atoms with van der Waals surface area (Å²) in [5, 5.41) is 4.21. The number of carbonyl (C=O) groups is 3. The van der Waals surface area contributed by atoms with Crippen molar-refractivity contribution >= 4 is 46.8 Å². The topological polar surface area (TPSA) is 97.0 Å². The van der Waals surface area contributed by atoms with E-state index in [1.165, 1.54) is 25.3 Å². The molecule has 178 valence electrons. The van der Waals surface area contributed by atoms with Crippen LogP contribution in [0.15, 0.2) is 72.3 Å². The highest BCUT2D eigenvalue weighted by atomic mass is 35.5. The van der Waals surface area contributed by atoms with Gasteiger partial charge in [0.15, 0.2) is 18.1 Å². The molecule has 0 aliphatic carbocycles. The third kappa shape index (κ3) is 5.44. The Hall–Kier alpha value is -4.30. The molecule has 3 aromatic rings. The highest BCUT2D eigenvalue weighted by Crippen LogP contribution is 2.37. The summed E-state index contributed by atoms with van der Waals surface area (Å²) in [5.74, 6) is -1.10. The zero-order chi connectivity index (χ0) is 24.9. The molecule has 1 saturated heterocycles. The van der Waals surface area contributed by atoms with E-state index < -0.39 is 17.7 Å². The predicted octanol–water partition coefficient (Wildman–Crippen LogP) is 4.14. The van der Waals surface area contributed by atoms with Gasteiger partial charge < -0.3 is 14.8 Å². The van der Waals surface area contributed by atoms with Gasteiger partial charge in [-0.05, 0) is 43.3 Å². The van der Waals surface area contributed by atoms with Crippen molar-refractivity contribution in [1.29, 1.82) is 0 Å². The molecule has 9 heteroatoms. The number of amides is 3. The second-order valence-corrected chi connectivity index (χ2v) is 8.14. The summed E-state index contributed by atoms with van der Waals surface area (Å²) in [7, 11) is 1.42. The van der Waals surface area contributed by atoms with Gasteiger partial charge in [0.25, 0.3) is 17.7 Å². The third-order valence-electron chi connectivity index (χ3n) is 5.16. The molecule has 0 saturated carbocycles. The van der Waals surface area contributed by atoms with Crippen LogP contribution < -0.4 is 25.2 Å². The summed E-state index contributed by atoms with van der Waals surface area (Å²) in [6.07, 6.45) is 1.36. The molecule has 0 atom stereocenters. The van der Waals surface area contributed by atoms with Gasteiger partial charge in [0.1, 0.15) is 5.57 Å². The van der Waals surface area contributed by atoms with E-state index in [1.54, 1.807) is 42.5 Å². The van der Waals surface area contributed by atoms with Crippen molar-refractivity contribution in [2.75, 3.05) is 24.0 Å². The Morgan fingerprint density at radius 1 is 1.09 bits per heavy atom. The number of hydrazine groups is 1. The Labute approximate surface area is 207 Å². The molecule has 1 aliphatic rings. The first-order chi connectivity index (χ1) is 16.9. The zero-order valence-corrected chi connectivity index (χ0v) is 19.8. The van der Waals surface area contributed by atoms with Gasteiger partial charge in [-0.3, -0.25) is 19.8 Å². The van der Waals surface area contributed by atoms with E-state index in [0.717, 1.165) is 10.6 Å². The molecule has 1 aliphatic heterocycles. The Morgan fingerprint density at radius 2 is 1.80 bits per heavy atom. The summed E-state index contributed by atoms with van der Waals surface area (Å²) in [6, 6.07) is 19.1. The molecule has 4 rings (SSSR count). The number of methoxy groups -OCH3 is 1. The van der Waals surface area contributed by atoms with Crippen molar-refractivity contribution in [3.8, 4) is 11.5 Å². The maximum absolute atomic E-state index is 13.0. The molecule has 2 N–H and O–H groups in total. The van der Waals surface area contributed by atoms with Crippen LogP contribution in [0.4, 0.5) is 11.4 Å². The van der Waals surface area contributed by atoms with Crippen molar-refractivity contribution in [2.45, 2.75) is 6.92 Å². The van der Waals surface area contributed by atoms with Crippen LogP contribution >= 0.6 is 11.6 Å². The van der Waals surface area contributed by atoms with E-state index in [4.69, 9.17) is 21.1 Å². The number of aryl methyl sites for hydroxylation is 1. The predicted molar refractivity (Wildman–Crippen MR) is 133 cm³/mol. The number of halogens is 1. The van der Waals surface area contributed by atoms with Crippen molar-refractivity contribution in [2.24, 2.45) is 0 Å². The number of nitrogens with one attached hydrogen (secondary N) is 2. The number of rotatable bonds is 7. The van der Waals surface area contributed by atoms with E-state index in [0.29, 0.717) is 22.0 Å². The van der Waals surface area contributed by atoms with Crippen LogP contribution in [0.25, 0.3) is 6.08 Å². The number of hydrogen-bond donors (Lipinski definition) is 2. The average molecular weight is 492 g/mol. The first-order valence-corrected chi connectivity index (χ1v) is 11.0. The van der Waals surface area contributed by atoms with Crippen LogP contribution in [0, 0.1) is 6.92 Å². The molecule has 0 spiro atoms. The quantitative estimate of drug-likeness (QED) is 0.382. The first kappa shape index (κ1) is 23.8. The fourth-order valence-electron chi connectivity index (χ4n) is 3.45. The van der Waals surface area contributed by atoms with Gasteiger partial charge >= 0.3 is 0 Å². The molecule has 0 aromatic heterocycles. The summed E-state index contributed by atoms with van der Waals surface area (Å²) < 4.78 is 11.1. The zero-order valence-electron chi connectivity index (χ0n) is 19.0. The van der Waals surface area contributed by atoms with Crippen molar-refractivity contribution in [3.05, 3.63) is 88.5 Å². The first-order valence-electron chi connectivity index (χ1n) is 10.6. The van der Waals surface area contributed by atoms with Gasteiger partial charge in [-0.1, -0.05) is 47.5 Å². The van der Waals surface area contributed by atoms with Gasteiger partial charge in [-0.25, -0.2) is 5.01 Å². The summed E-state index contributed by atoms with van der Waals surface area (Å²) >= 11 is 6.23. The largest absolute Gasteiger partial charge is 0.493 e. The van der Waals surface area contributed by atoms with Crippen LogP contribution in [0.3, 0.4) is 0 Å². The van der Waals surface area contributed by atoms with Crippen molar-refractivity contribution < 1.29 is 23.9 Å². The van der Waals surface area contributed by atoms with Gasteiger partial charge in [-0.15, -0.1) is 0 Å². The van der Waals surface area contributed by atoms with Crippen LogP contribution in [0.1, 0.15) is 11.1 Å². The molecule has 1 fully saturated rings. The number of anilines is 2. The number of para-hydroxylation sites is 1. The lowest BCUT2D eigenvalue weighted by Crippen LogP contribution is -2.35. The number of hydrogen-bond acceptors (Lipinski definition) is 5. The van der Waals surface area contributed by atoms with Gasteiger partial charge in [0, 0.05) is 22.3 Å². The minimum absolute atomic E-state index is 0.118. The monoisotopic (exact) mass is 491 g/mol. The van der Waals surface area contributed by atoms with Crippen LogP contribution in [-0.2, 0) is 14.4 Å². The van der Waals surface area contributed by atoms with Crippen molar-refractivity contribution in [3.63, 3.8) is 0 Å². The average Bonchev–Trinajstić information content (AvgIpc) is 3.13. The van der Waals surface area contributed by atoms with Crippen LogP contribution in [-0.4, -0.2) is 31.4 Å². The molecular formula is C26H22ClN3O5. The molecule has 3 amide bonds. The minimum atomic E-state index is -0.583. The number of benzene rings is 3. The summed E-state index contributed by atoms with van der Waals surface area (Å²) in [5.41, 5.74) is 4.95. The number of carbonyl (C=O) groups excluding carboxylic acids is 3. The fraction of sp³-hybridized carbons (Fsp3) is 0.115. The summed E-state index contributed by atoms with van der Waals surface area (Å²) in [6.45, 7) is 1.62.